The van der Waals surface area contributed by atoms with Crippen molar-refractivity contribution in [2.45, 2.75) is 44.9 Å². The summed E-state index contributed by atoms with van der Waals surface area (Å²) in [6.07, 6.45) is 9.27. The summed E-state index contributed by atoms with van der Waals surface area (Å²) in [6.45, 7) is 0. The Hall–Kier alpha value is -0.590. The van der Waals surface area contributed by atoms with Crippen LogP contribution in [-0.2, 0) is 0 Å². The van der Waals surface area contributed by atoms with Crippen LogP contribution >= 0.6 is 0 Å². The van der Waals surface area contributed by atoms with Crippen molar-refractivity contribution < 1.29 is 0 Å². The molecule has 1 nitrogen and oxygen atoms in total. The van der Waals surface area contributed by atoms with Crippen LogP contribution in [0, 0.1) is 17.2 Å². The van der Waals surface area contributed by atoms with Gasteiger partial charge in [0.2, 0.25) is 0 Å². The maximum Gasteiger partial charge on any atom is 0.0351 e. The third kappa shape index (κ3) is 1.09. The predicted octanol–water partition coefficient (Wildman–Crippen LogP) is 3.31. The zero-order chi connectivity index (χ0) is 8.84. The van der Waals surface area contributed by atoms with E-state index in [1.807, 2.05) is 0 Å². The van der Waals surface area contributed by atoms with Crippen LogP contribution in [0.25, 0.3) is 0 Å². The van der Waals surface area contributed by atoms with Crippen molar-refractivity contribution in [1.82, 2.24) is 0 Å². The monoisotopic (exact) mass is 175 g/mol. The van der Waals surface area contributed by atoms with E-state index in [1.165, 1.54) is 44.1 Å². The van der Waals surface area contributed by atoms with E-state index < -0.39 is 0 Å². The highest BCUT2D eigenvalue weighted by atomic mass is 14.5. The maximum absolute atomic E-state index is 7.94. The van der Waals surface area contributed by atoms with Gasteiger partial charge >= 0.3 is 0 Å². The molecule has 0 aromatic heterocycles. The Kier molecular flexibility index (Phi) is 1.61. The molecular weight excluding hydrogens is 158 g/mol. The average molecular weight is 175 g/mol. The van der Waals surface area contributed by atoms with Gasteiger partial charge < -0.3 is 5.41 Å². The lowest BCUT2D eigenvalue weighted by Gasteiger charge is -2.35. The molecule has 0 aliphatic heterocycles. The van der Waals surface area contributed by atoms with Crippen molar-refractivity contribution in [3.63, 3.8) is 0 Å². The Balaban J connectivity index is 1.99. The van der Waals surface area contributed by atoms with E-state index in [0.717, 1.165) is 24.0 Å². The van der Waals surface area contributed by atoms with Gasteiger partial charge in [0.05, 0.1) is 0 Å². The van der Waals surface area contributed by atoms with Crippen LogP contribution in [0.4, 0.5) is 0 Å². The zero-order valence-corrected chi connectivity index (χ0v) is 8.10. The summed E-state index contributed by atoms with van der Waals surface area (Å²) in [7, 11) is 0. The molecule has 3 aliphatic carbocycles. The van der Waals surface area contributed by atoms with E-state index in [0.29, 0.717) is 0 Å². The quantitative estimate of drug-likeness (QED) is 0.584. The molecule has 0 heterocycles. The normalized spacial score (nSPS) is 38.0. The summed E-state index contributed by atoms with van der Waals surface area (Å²) < 4.78 is 0. The molecule has 0 amide bonds. The first-order valence-corrected chi connectivity index (χ1v) is 5.64. The minimum atomic E-state index is 0.803. The lowest BCUT2D eigenvalue weighted by atomic mass is 9.70. The summed E-state index contributed by atoms with van der Waals surface area (Å²) in [5.74, 6) is 1.79. The SMILES string of the molecule is N=C1CCC2=C1C1CCCC(C2)C1. The Bertz CT molecular complexity index is 287. The summed E-state index contributed by atoms with van der Waals surface area (Å²) in [4.78, 5) is 0. The van der Waals surface area contributed by atoms with E-state index in [9.17, 15) is 0 Å². The lowest BCUT2D eigenvalue weighted by molar-refractivity contribution is 0.278. The van der Waals surface area contributed by atoms with Gasteiger partial charge in [-0.25, -0.2) is 0 Å². The van der Waals surface area contributed by atoms with Crippen molar-refractivity contribution in [1.29, 1.82) is 5.41 Å². The van der Waals surface area contributed by atoms with E-state index >= 15 is 0 Å². The fourth-order valence-electron chi connectivity index (χ4n) is 3.59. The fraction of sp³-hybridized carbons (Fsp3) is 0.750. The Morgan fingerprint density at radius 3 is 3.00 bits per heavy atom. The Morgan fingerprint density at radius 2 is 2.08 bits per heavy atom. The van der Waals surface area contributed by atoms with Gasteiger partial charge in [-0.1, -0.05) is 18.4 Å². The van der Waals surface area contributed by atoms with Gasteiger partial charge in [0.1, 0.15) is 0 Å². The molecular formula is C12H17N. The molecule has 0 aromatic rings. The largest absolute Gasteiger partial charge is 0.305 e. The molecule has 2 atom stereocenters. The number of rotatable bonds is 0. The van der Waals surface area contributed by atoms with Gasteiger partial charge in [0.25, 0.3) is 0 Å². The number of nitrogens with one attached hydrogen (secondary N) is 1. The third-order valence-corrected chi connectivity index (χ3v) is 4.11. The van der Waals surface area contributed by atoms with Crippen molar-refractivity contribution in [3.8, 4) is 0 Å². The first kappa shape index (κ1) is 7.78. The van der Waals surface area contributed by atoms with E-state index in [1.54, 1.807) is 5.57 Å². The Morgan fingerprint density at radius 1 is 1.15 bits per heavy atom. The minimum absolute atomic E-state index is 0.803. The van der Waals surface area contributed by atoms with Gasteiger partial charge in [0.15, 0.2) is 0 Å². The summed E-state index contributed by atoms with van der Waals surface area (Å²) in [6, 6.07) is 0. The van der Waals surface area contributed by atoms with Gasteiger partial charge in [-0.2, -0.15) is 0 Å². The van der Waals surface area contributed by atoms with E-state index in [2.05, 4.69) is 0 Å². The molecule has 13 heavy (non-hydrogen) atoms. The topological polar surface area (TPSA) is 23.9 Å². The Labute approximate surface area is 79.7 Å². The standard InChI is InChI=1S/C12H17N/c13-11-5-4-10-7-8-2-1-3-9(6-8)12(10)11/h8-9,13H,1-7H2. The molecule has 1 N–H and O–H groups in total. The second-order valence-corrected chi connectivity index (χ2v) is 4.93. The van der Waals surface area contributed by atoms with Crippen LogP contribution in [0.2, 0.25) is 0 Å². The molecule has 0 saturated heterocycles. The van der Waals surface area contributed by atoms with Crippen LogP contribution < -0.4 is 0 Å². The summed E-state index contributed by atoms with van der Waals surface area (Å²) in [5.41, 5.74) is 4.17. The molecule has 3 rings (SSSR count). The first-order valence-electron chi connectivity index (χ1n) is 5.64. The van der Waals surface area contributed by atoms with Crippen molar-refractivity contribution in [2.24, 2.45) is 11.8 Å². The third-order valence-electron chi connectivity index (χ3n) is 4.11. The van der Waals surface area contributed by atoms with Crippen molar-refractivity contribution >= 4 is 5.71 Å². The smallest absolute Gasteiger partial charge is 0.0351 e. The first-order chi connectivity index (χ1) is 6.34. The van der Waals surface area contributed by atoms with E-state index in [4.69, 9.17) is 5.41 Å². The van der Waals surface area contributed by atoms with Gasteiger partial charge in [-0.3, -0.25) is 0 Å². The van der Waals surface area contributed by atoms with Crippen LogP contribution in [0.5, 0.6) is 0 Å². The molecule has 1 heteroatoms. The lowest BCUT2D eigenvalue weighted by Crippen LogP contribution is -2.24. The average Bonchev–Trinajstić information content (AvgIpc) is 2.48. The number of hydrogen-bond acceptors (Lipinski definition) is 1. The number of allylic oxidation sites excluding steroid dienone is 2. The van der Waals surface area contributed by atoms with Crippen LogP contribution in [-0.4, -0.2) is 5.71 Å². The molecule has 0 radical (unpaired) electrons. The molecule has 1 saturated carbocycles. The van der Waals surface area contributed by atoms with Crippen LogP contribution in [0.3, 0.4) is 0 Å². The minimum Gasteiger partial charge on any atom is -0.305 e. The highest BCUT2D eigenvalue weighted by Gasteiger charge is 2.36. The molecule has 2 bridgehead atoms. The summed E-state index contributed by atoms with van der Waals surface area (Å²) in [5, 5.41) is 7.94. The number of fused-ring (bicyclic) bond motifs is 3. The van der Waals surface area contributed by atoms with Crippen LogP contribution in [0.15, 0.2) is 11.1 Å². The molecule has 2 unspecified atom stereocenters. The van der Waals surface area contributed by atoms with E-state index in [-0.39, 0.29) is 0 Å². The van der Waals surface area contributed by atoms with Crippen molar-refractivity contribution in [3.05, 3.63) is 11.1 Å². The predicted molar refractivity (Wildman–Crippen MR) is 54.1 cm³/mol. The maximum atomic E-state index is 7.94. The number of hydrogen-bond donors (Lipinski definition) is 1. The second kappa shape index (κ2) is 2.70. The van der Waals surface area contributed by atoms with Gasteiger partial charge in [0, 0.05) is 5.71 Å². The van der Waals surface area contributed by atoms with Crippen molar-refractivity contribution in [2.75, 3.05) is 0 Å². The van der Waals surface area contributed by atoms with Gasteiger partial charge in [-0.05, 0) is 49.5 Å². The highest BCUT2D eigenvalue weighted by molar-refractivity contribution is 6.01. The molecule has 70 valence electrons. The molecule has 1 fully saturated rings. The molecule has 3 aliphatic rings. The van der Waals surface area contributed by atoms with Gasteiger partial charge in [-0.15, -0.1) is 0 Å². The second-order valence-electron chi connectivity index (χ2n) is 4.93. The molecule has 0 spiro atoms. The fourth-order valence-corrected chi connectivity index (χ4v) is 3.59. The van der Waals surface area contributed by atoms with Crippen LogP contribution in [0.1, 0.15) is 44.9 Å². The molecule has 0 aromatic carbocycles. The summed E-state index contributed by atoms with van der Waals surface area (Å²) >= 11 is 0. The zero-order valence-electron chi connectivity index (χ0n) is 8.10. The highest BCUT2D eigenvalue weighted by Crippen LogP contribution is 2.47.